The molecule has 5 rings (SSSR count). The number of nitrogens with zero attached hydrogens (tertiary/aromatic N) is 6. The average Bonchev–Trinajstić information content (AvgIpc) is 3.30. The summed E-state index contributed by atoms with van der Waals surface area (Å²) >= 11 is 0. The molecule has 4 aromatic rings. The summed E-state index contributed by atoms with van der Waals surface area (Å²) in [6.07, 6.45) is 2.91. The van der Waals surface area contributed by atoms with Crippen molar-refractivity contribution in [1.29, 1.82) is 0 Å². The van der Waals surface area contributed by atoms with Crippen molar-refractivity contribution in [3.05, 3.63) is 65.0 Å². The van der Waals surface area contributed by atoms with E-state index in [-0.39, 0.29) is 34.7 Å². The molecule has 0 bridgehead atoms. The fourth-order valence-corrected chi connectivity index (χ4v) is 4.94. The lowest BCUT2D eigenvalue weighted by molar-refractivity contribution is -0.385. The van der Waals surface area contributed by atoms with E-state index in [1.54, 1.807) is 36.4 Å². The highest BCUT2D eigenvalue weighted by Gasteiger charge is 2.28. The zero-order chi connectivity index (χ0) is 28.4. The molecule has 12 nitrogen and oxygen atoms in total. The van der Waals surface area contributed by atoms with Gasteiger partial charge in [-0.1, -0.05) is 18.2 Å². The molecule has 1 aliphatic rings. The minimum atomic E-state index is -0.480. The number of rotatable bonds is 7. The molecule has 208 valence electrons. The molecule has 2 aromatic heterocycles. The van der Waals surface area contributed by atoms with Crippen LogP contribution in [-0.2, 0) is 4.79 Å². The molecular weight excluding hydrogens is 512 g/mol. The normalized spacial score (nSPS) is 14.8. The van der Waals surface area contributed by atoms with Crippen molar-refractivity contribution in [2.45, 2.75) is 45.2 Å². The molecule has 40 heavy (non-hydrogen) atoms. The number of nitro benzene ring substituents is 1. The number of nitrogen functional groups attached to an aromatic ring is 1. The summed E-state index contributed by atoms with van der Waals surface area (Å²) in [6.45, 7) is 7.66. The van der Waals surface area contributed by atoms with Gasteiger partial charge in [-0.2, -0.15) is 5.10 Å². The summed E-state index contributed by atoms with van der Waals surface area (Å²) in [5.74, 6) is 0.859. The number of likely N-dealkylation sites (tertiary alicyclic amines) is 1. The Morgan fingerprint density at radius 1 is 1.15 bits per heavy atom. The van der Waals surface area contributed by atoms with E-state index in [2.05, 4.69) is 20.2 Å². The van der Waals surface area contributed by atoms with Crippen LogP contribution in [0.2, 0.25) is 0 Å². The van der Waals surface area contributed by atoms with Crippen molar-refractivity contribution in [2.75, 3.05) is 25.4 Å². The van der Waals surface area contributed by atoms with Crippen LogP contribution in [0.3, 0.4) is 0 Å². The van der Waals surface area contributed by atoms with E-state index in [4.69, 9.17) is 15.6 Å². The Hall–Kier alpha value is -4.58. The number of benzene rings is 2. The van der Waals surface area contributed by atoms with Gasteiger partial charge >= 0.3 is 5.69 Å². The maximum Gasteiger partial charge on any atom is 0.312 e. The number of fused-ring (bicyclic) bond motifs is 1. The quantitative estimate of drug-likeness (QED) is 0.255. The van der Waals surface area contributed by atoms with Gasteiger partial charge in [0.2, 0.25) is 11.7 Å². The van der Waals surface area contributed by atoms with E-state index < -0.39 is 4.92 Å². The average molecular weight is 545 g/mol. The number of carbonyl (C=O) groups is 1. The molecule has 0 unspecified atom stereocenters. The highest BCUT2D eigenvalue weighted by Crippen LogP contribution is 2.39. The smallest absolute Gasteiger partial charge is 0.312 e. The van der Waals surface area contributed by atoms with Gasteiger partial charge in [0, 0.05) is 30.3 Å². The van der Waals surface area contributed by atoms with Gasteiger partial charge in [0.25, 0.3) is 0 Å². The summed E-state index contributed by atoms with van der Waals surface area (Å²) in [6, 6.07) is 13.6. The van der Waals surface area contributed by atoms with Crippen molar-refractivity contribution < 1.29 is 14.5 Å². The Kier molecular flexibility index (Phi) is 7.35. The highest BCUT2D eigenvalue weighted by molar-refractivity contribution is 5.98. The molecule has 3 N–H and O–H groups in total. The van der Waals surface area contributed by atoms with Crippen molar-refractivity contribution >= 4 is 28.4 Å². The second kappa shape index (κ2) is 10.9. The molecule has 0 spiro atoms. The second-order valence-electron chi connectivity index (χ2n) is 10.9. The van der Waals surface area contributed by atoms with Crippen molar-refractivity contribution in [1.82, 2.24) is 30.0 Å². The number of piperidine rings is 1. The predicted octanol–water partition coefficient (Wildman–Crippen LogP) is 4.33. The molecule has 3 heterocycles. The van der Waals surface area contributed by atoms with Gasteiger partial charge in [0.05, 0.1) is 22.9 Å². The fourth-order valence-electron chi connectivity index (χ4n) is 4.94. The van der Waals surface area contributed by atoms with Crippen LogP contribution in [0.4, 0.5) is 11.5 Å². The SMILES string of the molecule is CC(C)(C)NC(=O)CN1CCC(n2nc(-c3ccc(Oc4ccccc4)c([N+](=O)[O-])c3)c3c(N)ncnc32)CC1. The molecule has 1 amide bonds. The highest BCUT2D eigenvalue weighted by atomic mass is 16.6. The van der Waals surface area contributed by atoms with Gasteiger partial charge in [-0.05, 0) is 57.9 Å². The summed E-state index contributed by atoms with van der Waals surface area (Å²) in [4.78, 5) is 34.7. The van der Waals surface area contributed by atoms with E-state index >= 15 is 0 Å². The molecule has 1 fully saturated rings. The lowest BCUT2D eigenvalue weighted by Crippen LogP contribution is -2.47. The largest absolute Gasteiger partial charge is 0.450 e. The monoisotopic (exact) mass is 544 g/mol. The number of anilines is 1. The van der Waals surface area contributed by atoms with Crippen LogP contribution in [0.25, 0.3) is 22.3 Å². The number of aromatic nitrogens is 4. The third-order valence-electron chi connectivity index (χ3n) is 6.70. The molecule has 12 heteroatoms. The minimum Gasteiger partial charge on any atom is -0.450 e. The molecule has 1 saturated heterocycles. The topological polar surface area (TPSA) is 154 Å². The molecular formula is C28H32N8O4. The van der Waals surface area contributed by atoms with Gasteiger partial charge in [0.15, 0.2) is 5.65 Å². The van der Waals surface area contributed by atoms with Crippen LogP contribution in [0.5, 0.6) is 11.5 Å². The summed E-state index contributed by atoms with van der Waals surface area (Å²) < 4.78 is 7.63. The van der Waals surface area contributed by atoms with Crippen LogP contribution in [-0.4, -0.2) is 60.7 Å². The first-order valence-corrected chi connectivity index (χ1v) is 13.1. The Labute approximate surface area is 231 Å². The van der Waals surface area contributed by atoms with E-state index in [0.29, 0.717) is 34.6 Å². The second-order valence-corrected chi connectivity index (χ2v) is 10.9. The number of nitro groups is 1. The maximum atomic E-state index is 12.4. The van der Waals surface area contributed by atoms with Crippen LogP contribution in [0.1, 0.15) is 39.7 Å². The third-order valence-corrected chi connectivity index (χ3v) is 6.70. The van der Waals surface area contributed by atoms with E-state index in [9.17, 15) is 14.9 Å². The summed E-state index contributed by atoms with van der Waals surface area (Å²) in [5, 5.41) is 20.4. The van der Waals surface area contributed by atoms with Crippen molar-refractivity contribution in [3.63, 3.8) is 0 Å². The number of nitrogens with two attached hydrogens (primary N) is 1. The number of hydrogen-bond donors (Lipinski definition) is 2. The van der Waals surface area contributed by atoms with Crippen LogP contribution < -0.4 is 15.8 Å². The first-order chi connectivity index (χ1) is 19.1. The molecule has 0 aliphatic carbocycles. The van der Waals surface area contributed by atoms with E-state index in [1.165, 1.54) is 12.4 Å². The first-order valence-electron chi connectivity index (χ1n) is 13.1. The maximum absolute atomic E-state index is 12.4. The Morgan fingerprint density at radius 2 is 1.88 bits per heavy atom. The predicted molar refractivity (Wildman–Crippen MR) is 151 cm³/mol. The number of hydrogen-bond acceptors (Lipinski definition) is 9. The summed E-state index contributed by atoms with van der Waals surface area (Å²) in [7, 11) is 0. The molecule has 0 radical (unpaired) electrons. The summed E-state index contributed by atoms with van der Waals surface area (Å²) in [5.41, 5.74) is 7.35. The van der Waals surface area contributed by atoms with E-state index in [0.717, 1.165) is 25.9 Å². The lowest BCUT2D eigenvalue weighted by atomic mass is 10.0. The van der Waals surface area contributed by atoms with Gasteiger partial charge < -0.3 is 15.8 Å². The minimum absolute atomic E-state index is 0.000394. The number of para-hydroxylation sites is 1. The Balaban J connectivity index is 1.43. The molecule has 1 aliphatic heterocycles. The zero-order valence-corrected chi connectivity index (χ0v) is 22.7. The molecule has 0 atom stereocenters. The number of ether oxygens (including phenoxy) is 1. The zero-order valence-electron chi connectivity index (χ0n) is 22.7. The standard InChI is InChI=1S/C28H32N8O4/c1-28(2,3)32-23(37)16-34-13-11-19(12-14-34)35-27-24(26(29)30-17-31-27)25(33-35)18-9-10-22(21(15-18)36(38)39)40-20-7-5-4-6-8-20/h4-10,15,17,19H,11-14,16H2,1-3H3,(H,32,37)(H2,29,30,31). The van der Waals surface area contributed by atoms with Gasteiger partial charge in [-0.15, -0.1) is 0 Å². The van der Waals surface area contributed by atoms with Crippen LogP contribution in [0.15, 0.2) is 54.9 Å². The molecule has 2 aromatic carbocycles. The van der Waals surface area contributed by atoms with Gasteiger partial charge in [-0.3, -0.25) is 19.8 Å². The number of amides is 1. The fraction of sp³-hybridized carbons (Fsp3) is 0.357. The first kappa shape index (κ1) is 27.0. The Morgan fingerprint density at radius 3 is 2.55 bits per heavy atom. The van der Waals surface area contributed by atoms with Crippen molar-refractivity contribution in [2.24, 2.45) is 0 Å². The van der Waals surface area contributed by atoms with Crippen molar-refractivity contribution in [3.8, 4) is 22.8 Å². The van der Waals surface area contributed by atoms with Gasteiger partial charge in [-0.25, -0.2) is 14.6 Å². The van der Waals surface area contributed by atoms with E-state index in [1.807, 2.05) is 31.5 Å². The lowest BCUT2D eigenvalue weighted by Gasteiger charge is -2.32. The van der Waals surface area contributed by atoms with Crippen LogP contribution in [0, 0.1) is 10.1 Å². The number of nitrogens with one attached hydrogen (secondary N) is 1. The molecule has 0 saturated carbocycles. The Bertz CT molecular complexity index is 1540. The van der Waals surface area contributed by atoms with Crippen LogP contribution >= 0.6 is 0 Å². The van der Waals surface area contributed by atoms with Gasteiger partial charge in [0.1, 0.15) is 23.6 Å². The third kappa shape index (κ3) is 5.86. The number of carbonyl (C=O) groups excluding carboxylic acids is 1.